The van der Waals surface area contributed by atoms with Crippen LogP contribution in [0.5, 0.6) is 0 Å². The average molecular weight is 336 g/mol. The third-order valence-corrected chi connectivity index (χ3v) is 4.17. The Balaban J connectivity index is 2.86. The second-order valence-electron chi connectivity index (χ2n) is 5.07. The van der Waals surface area contributed by atoms with E-state index in [0.717, 1.165) is 19.3 Å². The molecule has 0 saturated carbocycles. The smallest absolute Gasteiger partial charge is 0.280 e. The van der Waals surface area contributed by atoms with E-state index < -0.39 is 9.05 Å². The molecule has 0 aliphatic carbocycles. The standard InChI is InChI=1S/C13H22ClN3O3S/c1-4-6-10(3)15-12(18)8-17-9-13(21(14,19)20)16-11(17)7-5-2/h9-10H,4-8H2,1-3H3,(H,15,18). The Morgan fingerprint density at radius 2 is 2.10 bits per heavy atom. The van der Waals surface area contributed by atoms with E-state index in [9.17, 15) is 13.2 Å². The summed E-state index contributed by atoms with van der Waals surface area (Å²) in [6, 6.07) is 0.0943. The summed E-state index contributed by atoms with van der Waals surface area (Å²) in [6.07, 6.45) is 4.59. The highest BCUT2D eigenvalue weighted by atomic mass is 35.7. The molecule has 0 radical (unpaired) electrons. The summed E-state index contributed by atoms with van der Waals surface area (Å²) in [6.45, 7) is 5.99. The lowest BCUT2D eigenvalue weighted by Crippen LogP contribution is -2.35. The number of amides is 1. The van der Waals surface area contributed by atoms with E-state index in [1.54, 1.807) is 4.57 Å². The summed E-state index contributed by atoms with van der Waals surface area (Å²) in [5, 5.41) is 2.67. The summed E-state index contributed by atoms with van der Waals surface area (Å²) in [5.41, 5.74) is 0. The van der Waals surface area contributed by atoms with Crippen molar-refractivity contribution < 1.29 is 13.2 Å². The van der Waals surface area contributed by atoms with E-state index >= 15 is 0 Å². The lowest BCUT2D eigenvalue weighted by molar-refractivity contribution is -0.122. The maximum absolute atomic E-state index is 12.0. The summed E-state index contributed by atoms with van der Waals surface area (Å²) in [5.74, 6) is 0.388. The quantitative estimate of drug-likeness (QED) is 0.737. The molecule has 1 aromatic rings. The number of carbonyl (C=O) groups excluding carboxylic acids is 1. The molecule has 1 unspecified atom stereocenters. The Hall–Kier alpha value is -1.08. The molecule has 6 nitrogen and oxygen atoms in total. The fraction of sp³-hybridized carbons (Fsp3) is 0.692. The predicted molar refractivity (Wildman–Crippen MR) is 81.8 cm³/mol. The van der Waals surface area contributed by atoms with Gasteiger partial charge in [0.2, 0.25) is 5.91 Å². The molecule has 8 heteroatoms. The van der Waals surface area contributed by atoms with Crippen LogP contribution in [0.15, 0.2) is 11.2 Å². The highest BCUT2D eigenvalue weighted by Crippen LogP contribution is 2.15. The zero-order valence-electron chi connectivity index (χ0n) is 12.6. The molecule has 0 saturated heterocycles. The molecule has 0 aromatic carbocycles. The molecular weight excluding hydrogens is 314 g/mol. The van der Waals surface area contributed by atoms with Gasteiger partial charge in [-0.1, -0.05) is 20.3 Å². The second kappa shape index (κ2) is 7.79. The summed E-state index contributed by atoms with van der Waals surface area (Å²) in [4.78, 5) is 16.0. The van der Waals surface area contributed by atoms with Crippen molar-refractivity contribution in [3.63, 3.8) is 0 Å². The molecule has 0 spiro atoms. The van der Waals surface area contributed by atoms with Crippen molar-refractivity contribution in [2.75, 3.05) is 0 Å². The van der Waals surface area contributed by atoms with Crippen molar-refractivity contribution in [3.05, 3.63) is 12.0 Å². The number of imidazole rings is 1. The monoisotopic (exact) mass is 335 g/mol. The van der Waals surface area contributed by atoms with Crippen LogP contribution in [0, 0.1) is 0 Å². The first kappa shape index (κ1) is 18.0. The van der Waals surface area contributed by atoms with Gasteiger partial charge >= 0.3 is 0 Å². The molecule has 1 heterocycles. The van der Waals surface area contributed by atoms with Crippen molar-refractivity contribution >= 4 is 25.6 Å². The van der Waals surface area contributed by atoms with Crippen molar-refractivity contribution in [2.45, 2.75) is 64.1 Å². The van der Waals surface area contributed by atoms with Crippen LogP contribution in [0.25, 0.3) is 0 Å². The van der Waals surface area contributed by atoms with Gasteiger partial charge in [0.1, 0.15) is 12.4 Å². The van der Waals surface area contributed by atoms with Crippen LogP contribution in [0.2, 0.25) is 0 Å². The first-order valence-corrected chi connectivity index (χ1v) is 9.38. The zero-order chi connectivity index (χ0) is 16.0. The van der Waals surface area contributed by atoms with Crippen LogP contribution in [0.3, 0.4) is 0 Å². The molecule has 1 N–H and O–H groups in total. The number of aryl methyl sites for hydroxylation is 1. The minimum absolute atomic E-state index is 0.0444. The third kappa shape index (κ3) is 5.67. The van der Waals surface area contributed by atoms with Crippen molar-refractivity contribution in [1.29, 1.82) is 0 Å². The summed E-state index contributed by atoms with van der Waals surface area (Å²) in [7, 11) is 1.42. The van der Waals surface area contributed by atoms with E-state index in [-0.39, 0.29) is 23.5 Å². The van der Waals surface area contributed by atoms with Gasteiger partial charge in [-0.15, -0.1) is 0 Å². The number of hydrogen-bond donors (Lipinski definition) is 1. The van der Waals surface area contributed by atoms with Crippen LogP contribution < -0.4 is 5.32 Å². The van der Waals surface area contributed by atoms with Gasteiger partial charge in [-0.3, -0.25) is 4.79 Å². The fourth-order valence-electron chi connectivity index (χ4n) is 2.09. The topological polar surface area (TPSA) is 81.1 Å². The first-order valence-electron chi connectivity index (χ1n) is 7.08. The van der Waals surface area contributed by atoms with E-state index in [1.165, 1.54) is 6.20 Å². The highest BCUT2D eigenvalue weighted by Gasteiger charge is 2.19. The number of rotatable bonds is 8. The fourth-order valence-corrected chi connectivity index (χ4v) is 2.78. The number of aromatic nitrogens is 2. The molecule has 120 valence electrons. The molecule has 0 bridgehead atoms. The number of halogens is 1. The Labute approximate surface area is 130 Å². The number of nitrogens with one attached hydrogen (secondary N) is 1. The Bertz CT molecular complexity index is 583. The van der Waals surface area contributed by atoms with E-state index in [1.807, 2.05) is 13.8 Å². The van der Waals surface area contributed by atoms with Crippen molar-refractivity contribution in [3.8, 4) is 0 Å². The van der Waals surface area contributed by atoms with Gasteiger partial charge in [-0.05, 0) is 19.8 Å². The molecule has 1 amide bonds. The van der Waals surface area contributed by atoms with Gasteiger partial charge in [0.05, 0.1) is 0 Å². The van der Waals surface area contributed by atoms with Gasteiger partial charge in [0, 0.05) is 29.3 Å². The number of carbonyl (C=O) groups is 1. The van der Waals surface area contributed by atoms with Crippen LogP contribution in [-0.4, -0.2) is 29.9 Å². The summed E-state index contributed by atoms with van der Waals surface area (Å²) >= 11 is 0. The van der Waals surface area contributed by atoms with Crippen molar-refractivity contribution in [2.24, 2.45) is 0 Å². The maximum atomic E-state index is 12.0. The third-order valence-electron chi connectivity index (χ3n) is 3.00. The number of nitrogens with zero attached hydrogens (tertiary/aromatic N) is 2. The molecule has 21 heavy (non-hydrogen) atoms. The van der Waals surface area contributed by atoms with E-state index in [0.29, 0.717) is 12.2 Å². The Morgan fingerprint density at radius 1 is 1.43 bits per heavy atom. The second-order valence-corrected chi connectivity index (χ2v) is 7.58. The van der Waals surface area contributed by atoms with Gasteiger partial charge in [0.15, 0.2) is 5.03 Å². The van der Waals surface area contributed by atoms with E-state index in [4.69, 9.17) is 10.7 Å². The van der Waals surface area contributed by atoms with Gasteiger partial charge < -0.3 is 9.88 Å². The number of hydrogen-bond acceptors (Lipinski definition) is 4. The minimum atomic E-state index is -3.88. The molecule has 0 aliphatic heterocycles. The minimum Gasteiger partial charge on any atom is -0.352 e. The van der Waals surface area contributed by atoms with Crippen molar-refractivity contribution in [1.82, 2.24) is 14.9 Å². The lowest BCUT2D eigenvalue weighted by atomic mass is 10.2. The molecule has 1 rings (SSSR count). The Morgan fingerprint density at radius 3 is 2.62 bits per heavy atom. The molecule has 0 aliphatic rings. The molecular formula is C13H22ClN3O3S. The Kier molecular flexibility index (Phi) is 6.67. The summed E-state index contributed by atoms with van der Waals surface area (Å²) < 4.78 is 24.2. The predicted octanol–water partition coefficient (Wildman–Crippen LogP) is 2.07. The molecule has 1 aromatic heterocycles. The van der Waals surface area contributed by atoms with Crippen LogP contribution in [-0.2, 0) is 26.8 Å². The molecule has 0 fully saturated rings. The maximum Gasteiger partial charge on any atom is 0.280 e. The van der Waals surface area contributed by atoms with Crippen LogP contribution in [0.1, 0.15) is 45.9 Å². The van der Waals surface area contributed by atoms with Gasteiger partial charge in [-0.2, -0.15) is 0 Å². The average Bonchev–Trinajstić information content (AvgIpc) is 2.72. The zero-order valence-corrected chi connectivity index (χ0v) is 14.2. The van der Waals surface area contributed by atoms with Gasteiger partial charge in [0.25, 0.3) is 9.05 Å². The van der Waals surface area contributed by atoms with Crippen LogP contribution >= 0.6 is 10.7 Å². The highest BCUT2D eigenvalue weighted by molar-refractivity contribution is 8.13. The van der Waals surface area contributed by atoms with Gasteiger partial charge in [-0.25, -0.2) is 13.4 Å². The normalized spacial score (nSPS) is 13.1. The largest absolute Gasteiger partial charge is 0.352 e. The lowest BCUT2D eigenvalue weighted by Gasteiger charge is -2.13. The van der Waals surface area contributed by atoms with Crippen LogP contribution in [0.4, 0.5) is 0 Å². The first-order chi connectivity index (χ1) is 9.77. The molecule has 1 atom stereocenters. The SMILES string of the molecule is CCCc1nc(S(=O)(=O)Cl)cn1CC(=O)NC(C)CCC. The van der Waals surface area contributed by atoms with E-state index in [2.05, 4.69) is 17.2 Å².